The van der Waals surface area contributed by atoms with Gasteiger partial charge >= 0.3 is 0 Å². The summed E-state index contributed by atoms with van der Waals surface area (Å²) in [6, 6.07) is 11.7. The van der Waals surface area contributed by atoms with E-state index in [1.807, 2.05) is 36.4 Å². The van der Waals surface area contributed by atoms with Crippen LogP contribution in [0, 0.1) is 0 Å². The number of nitrogens with zero attached hydrogens (tertiary/aromatic N) is 4. The number of rotatable bonds is 11. The Balaban J connectivity index is 1.89. The third-order valence-electron chi connectivity index (χ3n) is 3.79. The van der Waals surface area contributed by atoms with Crippen LogP contribution in [0.1, 0.15) is 11.4 Å². The van der Waals surface area contributed by atoms with E-state index in [4.69, 9.17) is 0 Å². The van der Waals surface area contributed by atoms with Gasteiger partial charge in [0.1, 0.15) is 0 Å². The van der Waals surface area contributed by atoms with Crippen LogP contribution in [-0.4, -0.2) is 69.4 Å². The maximum Gasteiger partial charge on any atom is 0.0558 e. The highest BCUT2D eigenvalue weighted by atomic mass is 16.3. The first-order chi connectivity index (χ1) is 11.8. The van der Waals surface area contributed by atoms with Gasteiger partial charge < -0.3 is 10.2 Å². The van der Waals surface area contributed by atoms with Crippen LogP contribution in [0.3, 0.4) is 0 Å². The average Bonchev–Trinajstić information content (AvgIpc) is 2.62. The van der Waals surface area contributed by atoms with Gasteiger partial charge in [-0.15, -0.1) is 0 Å². The van der Waals surface area contributed by atoms with Gasteiger partial charge in [0.15, 0.2) is 0 Å². The van der Waals surface area contributed by atoms with Gasteiger partial charge in [-0.05, 0) is 24.3 Å². The fourth-order valence-electron chi connectivity index (χ4n) is 2.55. The Labute approximate surface area is 143 Å². The quantitative estimate of drug-likeness (QED) is 0.634. The highest BCUT2D eigenvalue weighted by Gasteiger charge is 2.11. The summed E-state index contributed by atoms with van der Waals surface area (Å²) < 4.78 is 0. The third kappa shape index (κ3) is 6.72. The molecule has 2 aromatic heterocycles. The van der Waals surface area contributed by atoms with Crippen molar-refractivity contribution in [2.45, 2.75) is 13.1 Å². The third-order valence-corrected chi connectivity index (χ3v) is 3.79. The van der Waals surface area contributed by atoms with Crippen molar-refractivity contribution in [3.63, 3.8) is 0 Å². The smallest absolute Gasteiger partial charge is 0.0558 e. The lowest BCUT2D eigenvalue weighted by Gasteiger charge is -2.26. The number of pyridine rings is 2. The van der Waals surface area contributed by atoms with Crippen molar-refractivity contribution in [1.29, 1.82) is 0 Å². The molecule has 0 radical (unpaired) electrons. The Bertz CT molecular complexity index is 502. The maximum absolute atomic E-state index is 9.29. The predicted octanol–water partition coefficient (Wildman–Crippen LogP) is 0.765. The lowest BCUT2D eigenvalue weighted by molar-refractivity contribution is 0.142. The fraction of sp³-hybridized carbons (Fsp3) is 0.444. The molecule has 6 heteroatoms. The van der Waals surface area contributed by atoms with E-state index in [1.54, 1.807) is 12.4 Å². The second-order valence-corrected chi connectivity index (χ2v) is 5.64. The van der Waals surface area contributed by atoms with E-state index in [-0.39, 0.29) is 13.2 Å². The minimum absolute atomic E-state index is 0.118. The zero-order valence-electron chi connectivity index (χ0n) is 14.0. The Morgan fingerprint density at radius 2 is 1.12 bits per heavy atom. The molecule has 6 nitrogen and oxygen atoms in total. The largest absolute Gasteiger partial charge is 0.395 e. The highest BCUT2D eigenvalue weighted by molar-refractivity contribution is 5.04. The molecule has 0 saturated carbocycles. The normalized spacial score (nSPS) is 11.3. The Hall–Kier alpha value is -1.86. The summed E-state index contributed by atoms with van der Waals surface area (Å²) in [4.78, 5) is 13.0. The summed E-state index contributed by atoms with van der Waals surface area (Å²) in [7, 11) is 0. The molecule has 0 atom stereocenters. The molecule has 2 heterocycles. The Morgan fingerprint density at radius 1 is 0.667 bits per heavy atom. The van der Waals surface area contributed by atoms with E-state index in [2.05, 4.69) is 19.8 Å². The number of aliphatic hydroxyl groups is 2. The van der Waals surface area contributed by atoms with Crippen molar-refractivity contribution in [3.05, 3.63) is 60.2 Å². The lowest BCUT2D eigenvalue weighted by Crippen LogP contribution is -2.37. The monoisotopic (exact) mass is 330 g/mol. The Morgan fingerprint density at radius 3 is 1.46 bits per heavy atom. The standard InChI is InChI=1S/C18H26N4O2/c23-13-11-21(15-17-5-1-3-7-19-17)9-10-22(12-14-24)16-18-6-2-4-8-20-18/h1-8,23-24H,9-16H2. The summed E-state index contributed by atoms with van der Waals surface area (Å²) in [5, 5.41) is 18.6. The first-order valence-corrected chi connectivity index (χ1v) is 8.28. The highest BCUT2D eigenvalue weighted by Crippen LogP contribution is 2.04. The van der Waals surface area contributed by atoms with Crippen LogP contribution >= 0.6 is 0 Å². The first-order valence-electron chi connectivity index (χ1n) is 8.28. The van der Waals surface area contributed by atoms with Crippen LogP contribution in [0.5, 0.6) is 0 Å². The summed E-state index contributed by atoms with van der Waals surface area (Å²) in [5.74, 6) is 0. The fourth-order valence-corrected chi connectivity index (χ4v) is 2.55. The van der Waals surface area contributed by atoms with Crippen molar-refractivity contribution >= 4 is 0 Å². The van der Waals surface area contributed by atoms with Gasteiger partial charge in [0, 0.05) is 51.7 Å². The van der Waals surface area contributed by atoms with E-state index in [0.29, 0.717) is 26.2 Å². The first kappa shape index (κ1) is 18.5. The van der Waals surface area contributed by atoms with Crippen molar-refractivity contribution < 1.29 is 10.2 Å². The van der Waals surface area contributed by atoms with Crippen LogP contribution in [0.2, 0.25) is 0 Å². The minimum Gasteiger partial charge on any atom is -0.395 e. The molecule has 0 spiro atoms. The maximum atomic E-state index is 9.29. The molecule has 0 fully saturated rings. The predicted molar refractivity (Wildman–Crippen MR) is 93.2 cm³/mol. The van der Waals surface area contributed by atoms with Gasteiger partial charge in [-0.3, -0.25) is 19.8 Å². The zero-order chi connectivity index (χ0) is 17.0. The van der Waals surface area contributed by atoms with Gasteiger partial charge in [0.05, 0.1) is 24.6 Å². The number of hydrogen-bond acceptors (Lipinski definition) is 6. The van der Waals surface area contributed by atoms with E-state index in [0.717, 1.165) is 24.5 Å². The van der Waals surface area contributed by atoms with Crippen LogP contribution in [0.15, 0.2) is 48.8 Å². The number of aromatic nitrogens is 2. The molecule has 0 unspecified atom stereocenters. The van der Waals surface area contributed by atoms with E-state index >= 15 is 0 Å². The van der Waals surface area contributed by atoms with Crippen molar-refractivity contribution in [1.82, 2.24) is 19.8 Å². The zero-order valence-corrected chi connectivity index (χ0v) is 14.0. The van der Waals surface area contributed by atoms with Gasteiger partial charge in [-0.25, -0.2) is 0 Å². The molecule has 0 bridgehead atoms. The molecule has 0 amide bonds. The van der Waals surface area contributed by atoms with Crippen LogP contribution in [0.25, 0.3) is 0 Å². The molecule has 0 aliphatic rings. The van der Waals surface area contributed by atoms with Gasteiger partial charge in [0.2, 0.25) is 0 Å². The summed E-state index contributed by atoms with van der Waals surface area (Å²) >= 11 is 0. The molecule has 0 aromatic carbocycles. The van der Waals surface area contributed by atoms with Crippen molar-refractivity contribution in [2.24, 2.45) is 0 Å². The number of hydrogen-bond donors (Lipinski definition) is 2. The molecule has 24 heavy (non-hydrogen) atoms. The lowest BCUT2D eigenvalue weighted by atomic mass is 10.3. The minimum atomic E-state index is 0.118. The van der Waals surface area contributed by atoms with E-state index < -0.39 is 0 Å². The summed E-state index contributed by atoms with van der Waals surface area (Å²) in [6.07, 6.45) is 3.57. The number of aliphatic hydroxyl groups excluding tert-OH is 2. The van der Waals surface area contributed by atoms with Gasteiger partial charge in [-0.2, -0.15) is 0 Å². The molecular formula is C18H26N4O2. The second kappa shape index (κ2) is 10.8. The van der Waals surface area contributed by atoms with Crippen LogP contribution < -0.4 is 0 Å². The Kier molecular flexibility index (Phi) is 8.34. The molecule has 0 aliphatic heterocycles. The van der Waals surface area contributed by atoms with Gasteiger partial charge in [-0.1, -0.05) is 12.1 Å². The SMILES string of the molecule is OCCN(CCN(CCO)Cc1ccccn1)Cc1ccccn1. The molecule has 2 N–H and O–H groups in total. The topological polar surface area (TPSA) is 72.7 Å². The molecule has 0 aliphatic carbocycles. The molecular weight excluding hydrogens is 304 g/mol. The molecule has 2 rings (SSSR count). The molecule has 0 saturated heterocycles. The summed E-state index contributed by atoms with van der Waals surface area (Å²) in [6.45, 7) is 4.45. The molecule has 2 aromatic rings. The average molecular weight is 330 g/mol. The molecule has 130 valence electrons. The second-order valence-electron chi connectivity index (χ2n) is 5.64. The van der Waals surface area contributed by atoms with E-state index in [1.165, 1.54) is 0 Å². The summed E-state index contributed by atoms with van der Waals surface area (Å²) in [5.41, 5.74) is 1.98. The van der Waals surface area contributed by atoms with Crippen molar-refractivity contribution in [2.75, 3.05) is 39.4 Å². The van der Waals surface area contributed by atoms with Gasteiger partial charge in [0.25, 0.3) is 0 Å². The van der Waals surface area contributed by atoms with E-state index in [9.17, 15) is 10.2 Å². The van der Waals surface area contributed by atoms with Crippen molar-refractivity contribution in [3.8, 4) is 0 Å². The van der Waals surface area contributed by atoms with Crippen LogP contribution in [-0.2, 0) is 13.1 Å². The van der Waals surface area contributed by atoms with Crippen LogP contribution in [0.4, 0.5) is 0 Å².